The molecule has 42 valence electrons. The molecule has 1 aromatic heterocycles. The van der Waals surface area contributed by atoms with Gasteiger partial charge in [0.2, 0.25) is 5.11 Å². The predicted molar refractivity (Wildman–Crippen MR) is 32.2 cm³/mol. The van der Waals surface area contributed by atoms with E-state index >= 15 is 0 Å². The van der Waals surface area contributed by atoms with Crippen molar-refractivity contribution in [1.82, 2.24) is 15.0 Å². The Morgan fingerprint density at radius 3 is 2.25 bits per heavy atom. The van der Waals surface area contributed by atoms with Crippen molar-refractivity contribution in [2.24, 2.45) is 5.73 Å². The molecule has 5 heteroatoms. The largest absolute Gasteiger partial charge is 0.373 e. The number of hydrogen-bond acceptors (Lipinski definition) is 3. The quantitative estimate of drug-likeness (QED) is 0.473. The van der Waals surface area contributed by atoms with Gasteiger partial charge in [-0.15, -0.1) is 4.80 Å². The second kappa shape index (κ2) is 1.87. The molecule has 0 bridgehead atoms. The molecule has 0 aliphatic heterocycles. The summed E-state index contributed by atoms with van der Waals surface area (Å²) in [6.45, 7) is 0. The van der Waals surface area contributed by atoms with Gasteiger partial charge in [-0.25, -0.2) is 0 Å². The van der Waals surface area contributed by atoms with E-state index in [0.717, 1.165) is 0 Å². The van der Waals surface area contributed by atoms with Crippen LogP contribution in [-0.2, 0) is 0 Å². The van der Waals surface area contributed by atoms with E-state index in [2.05, 4.69) is 22.4 Å². The molecule has 1 heterocycles. The molecule has 0 amide bonds. The summed E-state index contributed by atoms with van der Waals surface area (Å²) in [6.07, 6.45) is 3.03. The highest BCUT2D eigenvalue weighted by molar-refractivity contribution is 7.80. The van der Waals surface area contributed by atoms with Crippen LogP contribution >= 0.6 is 12.2 Å². The molecule has 0 saturated heterocycles. The zero-order valence-electron chi connectivity index (χ0n) is 3.98. The maximum absolute atomic E-state index is 5.13. The van der Waals surface area contributed by atoms with Crippen LogP contribution in [0.1, 0.15) is 0 Å². The molecule has 0 aliphatic carbocycles. The minimum Gasteiger partial charge on any atom is -0.373 e. The van der Waals surface area contributed by atoms with Crippen LogP contribution in [-0.4, -0.2) is 20.1 Å². The summed E-state index contributed by atoms with van der Waals surface area (Å²) in [5.74, 6) is 0. The van der Waals surface area contributed by atoms with Crippen LogP contribution in [0.4, 0.5) is 0 Å². The lowest BCUT2D eigenvalue weighted by Crippen LogP contribution is -2.21. The molecule has 0 fully saturated rings. The van der Waals surface area contributed by atoms with E-state index in [4.69, 9.17) is 5.73 Å². The predicted octanol–water partition coefficient (Wildman–Crippen LogP) is -0.630. The minimum absolute atomic E-state index is 0.162. The van der Waals surface area contributed by atoms with Gasteiger partial charge in [-0.1, -0.05) is 0 Å². The fourth-order valence-electron chi connectivity index (χ4n) is 0.330. The highest BCUT2D eigenvalue weighted by Gasteiger charge is 1.89. The fraction of sp³-hybridized carbons (Fsp3) is 0. The lowest BCUT2D eigenvalue weighted by Gasteiger charge is -1.88. The average Bonchev–Trinajstić information content (AvgIpc) is 2.12. The zero-order valence-corrected chi connectivity index (χ0v) is 4.80. The Morgan fingerprint density at radius 1 is 1.50 bits per heavy atom. The van der Waals surface area contributed by atoms with Gasteiger partial charge in [0.05, 0.1) is 12.4 Å². The Kier molecular flexibility index (Phi) is 1.21. The van der Waals surface area contributed by atoms with Crippen LogP contribution in [0.2, 0.25) is 0 Å². The highest BCUT2D eigenvalue weighted by Crippen LogP contribution is 1.72. The molecule has 8 heavy (non-hydrogen) atoms. The summed E-state index contributed by atoms with van der Waals surface area (Å²) in [6, 6.07) is 0. The number of nitrogens with two attached hydrogens (primary N) is 1. The van der Waals surface area contributed by atoms with E-state index in [-0.39, 0.29) is 5.11 Å². The molecule has 0 spiro atoms. The Balaban J connectivity index is 2.93. The smallest absolute Gasteiger partial charge is 0.211 e. The molecule has 0 saturated carbocycles. The Bertz CT molecular complexity index is 179. The first kappa shape index (κ1) is 5.17. The van der Waals surface area contributed by atoms with Crippen molar-refractivity contribution in [2.45, 2.75) is 0 Å². The van der Waals surface area contributed by atoms with Gasteiger partial charge in [0.25, 0.3) is 0 Å². The molecule has 0 aliphatic rings. The van der Waals surface area contributed by atoms with Crippen LogP contribution in [0.3, 0.4) is 0 Å². The third kappa shape index (κ3) is 0.812. The van der Waals surface area contributed by atoms with Crippen LogP contribution in [0, 0.1) is 0 Å². The van der Waals surface area contributed by atoms with E-state index in [1.165, 1.54) is 17.2 Å². The van der Waals surface area contributed by atoms with E-state index in [1.54, 1.807) is 0 Å². The average molecular weight is 128 g/mol. The molecule has 1 aromatic rings. The number of rotatable bonds is 0. The third-order valence-electron chi connectivity index (χ3n) is 0.616. The fourth-order valence-corrected chi connectivity index (χ4v) is 0.424. The van der Waals surface area contributed by atoms with Gasteiger partial charge in [-0.2, -0.15) is 10.2 Å². The lowest BCUT2D eigenvalue weighted by atomic mass is 11.0. The molecule has 1 rings (SSSR count). The summed E-state index contributed by atoms with van der Waals surface area (Å²) in [4.78, 5) is 1.18. The molecule has 2 N–H and O–H groups in total. The Labute approximate surface area is 51.3 Å². The Hall–Kier alpha value is -0.970. The number of thiocarbonyl (C=S) groups is 1. The van der Waals surface area contributed by atoms with Crippen LogP contribution in [0.15, 0.2) is 12.4 Å². The summed E-state index contributed by atoms with van der Waals surface area (Å²) in [5, 5.41) is 7.47. The van der Waals surface area contributed by atoms with E-state index < -0.39 is 0 Å². The SMILES string of the molecule is NC(=S)n1nccn1. The lowest BCUT2D eigenvalue weighted by molar-refractivity contribution is 0.803. The van der Waals surface area contributed by atoms with Gasteiger partial charge in [-0.05, 0) is 12.2 Å². The molecule has 4 nitrogen and oxygen atoms in total. The van der Waals surface area contributed by atoms with Crippen molar-refractivity contribution in [3.8, 4) is 0 Å². The van der Waals surface area contributed by atoms with Crippen molar-refractivity contribution < 1.29 is 0 Å². The monoisotopic (exact) mass is 128 g/mol. The minimum atomic E-state index is 0.162. The molecule has 0 atom stereocenters. The third-order valence-corrected chi connectivity index (χ3v) is 0.779. The van der Waals surface area contributed by atoms with Gasteiger partial charge in [0, 0.05) is 0 Å². The Morgan fingerprint density at radius 2 is 2.00 bits per heavy atom. The topological polar surface area (TPSA) is 56.7 Å². The zero-order chi connectivity index (χ0) is 5.98. The summed E-state index contributed by atoms with van der Waals surface area (Å²) in [5.41, 5.74) is 5.13. The number of aromatic nitrogens is 3. The van der Waals surface area contributed by atoms with Gasteiger partial charge in [-0.3, -0.25) is 0 Å². The first-order chi connectivity index (χ1) is 3.80. The number of nitrogens with zero attached hydrogens (tertiary/aromatic N) is 3. The maximum Gasteiger partial charge on any atom is 0.211 e. The molecule has 0 unspecified atom stereocenters. The molecule has 0 aromatic carbocycles. The van der Waals surface area contributed by atoms with Gasteiger partial charge >= 0.3 is 0 Å². The van der Waals surface area contributed by atoms with Crippen molar-refractivity contribution in [3.05, 3.63) is 12.4 Å². The molecule has 0 radical (unpaired) electrons. The second-order valence-electron chi connectivity index (χ2n) is 1.16. The first-order valence-corrected chi connectivity index (χ1v) is 2.37. The molecular formula is C3H4N4S. The van der Waals surface area contributed by atoms with Crippen LogP contribution < -0.4 is 5.73 Å². The summed E-state index contributed by atoms with van der Waals surface area (Å²) in [7, 11) is 0. The van der Waals surface area contributed by atoms with Gasteiger partial charge in [0.15, 0.2) is 0 Å². The summed E-state index contributed by atoms with van der Waals surface area (Å²) < 4.78 is 0. The standard InChI is InChI=1S/C3H4N4S/c4-3(8)7-5-1-2-6-7/h1-2H,(H2,4,8). The van der Waals surface area contributed by atoms with E-state index in [9.17, 15) is 0 Å². The van der Waals surface area contributed by atoms with Gasteiger partial charge < -0.3 is 5.73 Å². The number of hydrogen-bond donors (Lipinski definition) is 1. The highest BCUT2D eigenvalue weighted by atomic mass is 32.1. The maximum atomic E-state index is 5.13. The van der Waals surface area contributed by atoms with Crippen molar-refractivity contribution in [2.75, 3.05) is 0 Å². The van der Waals surface area contributed by atoms with Crippen LogP contribution in [0.25, 0.3) is 0 Å². The van der Waals surface area contributed by atoms with Crippen LogP contribution in [0.5, 0.6) is 0 Å². The van der Waals surface area contributed by atoms with Gasteiger partial charge in [0.1, 0.15) is 0 Å². The van der Waals surface area contributed by atoms with E-state index in [0.29, 0.717) is 0 Å². The van der Waals surface area contributed by atoms with E-state index in [1.807, 2.05) is 0 Å². The normalized spacial score (nSPS) is 9.00. The van der Waals surface area contributed by atoms with Crippen molar-refractivity contribution >= 4 is 17.3 Å². The first-order valence-electron chi connectivity index (χ1n) is 1.97. The summed E-state index contributed by atoms with van der Waals surface area (Å²) >= 11 is 4.53. The van der Waals surface area contributed by atoms with Crippen molar-refractivity contribution in [1.29, 1.82) is 0 Å². The second-order valence-corrected chi connectivity index (χ2v) is 1.58. The van der Waals surface area contributed by atoms with Crippen molar-refractivity contribution in [3.63, 3.8) is 0 Å². The molecular weight excluding hydrogens is 124 g/mol.